The fraction of sp³-hybridized carbons (Fsp3) is 0.412. The van der Waals surface area contributed by atoms with Crippen LogP contribution in [0.2, 0.25) is 0 Å². The molecule has 16 heteroatoms. The molecule has 33 heavy (non-hydrogen) atoms. The summed E-state index contributed by atoms with van der Waals surface area (Å²) in [6.45, 7) is 0.907. The molecule has 0 saturated carbocycles. The van der Waals surface area contributed by atoms with Gasteiger partial charge in [0.1, 0.15) is 11.5 Å². The number of carbonyl (C=O) groups is 2. The second-order valence-corrected chi connectivity index (χ2v) is 6.31. The molecule has 1 aromatic carbocycles. The Kier molecular flexibility index (Phi) is 7.29. The topological polar surface area (TPSA) is 123 Å². The van der Waals surface area contributed by atoms with Crippen LogP contribution in [0.25, 0.3) is 6.08 Å². The van der Waals surface area contributed by atoms with Crippen molar-refractivity contribution in [2.24, 2.45) is 0 Å². The molecule has 2 rings (SSSR count). The van der Waals surface area contributed by atoms with E-state index in [9.17, 15) is 46.0 Å². The molecule has 0 bridgehead atoms. The summed E-state index contributed by atoms with van der Waals surface area (Å²) in [5.74, 6) is -4.27. The highest BCUT2D eigenvalue weighted by Crippen LogP contribution is 2.41. The third-order valence-corrected chi connectivity index (χ3v) is 3.73. The van der Waals surface area contributed by atoms with E-state index in [-0.39, 0.29) is 11.1 Å². The van der Waals surface area contributed by atoms with Crippen molar-refractivity contribution >= 4 is 18.0 Å². The molecule has 1 unspecified atom stereocenters. The van der Waals surface area contributed by atoms with Gasteiger partial charge in [-0.1, -0.05) is 0 Å². The van der Waals surface area contributed by atoms with Crippen LogP contribution in [0.4, 0.5) is 26.3 Å². The van der Waals surface area contributed by atoms with Crippen molar-refractivity contribution < 1.29 is 64.8 Å². The molecule has 2 atom stereocenters. The van der Waals surface area contributed by atoms with Gasteiger partial charge in [-0.2, -0.15) is 13.2 Å². The average Bonchev–Trinajstić information content (AvgIpc) is 2.63. The number of hydrogen-bond donors (Lipinski definition) is 0. The van der Waals surface area contributed by atoms with Gasteiger partial charge in [0.2, 0.25) is 12.4 Å². The number of alkyl halides is 6. The van der Waals surface area contributed by atoms with Gasteiger partial charge in [0.25, 0.3) is 5.09 Å². The van der Waals surface area contributed by atoms with Crippen molar-refractivity contribution in [3.8, 4) is 11.5 Å². The fourth-order valence-corrected chi connectivity index (χ4v) is 2.63. The van der Waals surface area contributed by atoms with Crippen LogP contribution in [0.15, 0.2) is 17.7 Å². The Labute approximate surface area is 179 Å². The van der Waals surface area contributed by atoms with Gasteiger partial charge >= 0.3 is 24.5 Å². The van der Waals surface area contributed by atoms with Gasteiger partial charge in [-0.05, 0) is 30.7 Å². The van der Waals surface area contributed by atoms with E-state index in [1.54, 1.807) is 0 Å². The molecule has 0 saturated heterocycles. The monoisotopic (exact) mass is 489 g/mol. The highest BCUT2D eigenvalue weighted by molar-refractivity contribution is 5.96. The smallest absolute Gasteiger partial charge is 0.475 e. The fourth-order valence-electron chi connectivity index (χ4n) is 2.63. The molecule has 0 radical (unpaired) electrons. The first-order valence-corrected chi connectivity index (χ1v) is 8.60. The molecule has 182 valence electrons. The van der Waals surface area contributed by atoms with E-state index in [0.29, 0.717) is 12.1 Å². The molecule has 0 fully saturated rings. The van der Waals surface area contributed by atoms with Crippen LogP contribution in [0.3, 0.4) is 0 Å². The number of esters is 2. The van der Waals surface area contributed by atoms with Crippen LogP contribution >= 0.6 is 0 Å². The number of nitrogens with zero attached hydrogens (tertiary/aromatic N) is 1. The van der Waals surface area contributed by atoms with E-state index in [1.807, 2.05) is 0 Å². The predicted molar refractivity (Wildman–Crippen MR) is 90.9 cm³/mol. The molecule has 1 aliphatic rings. The zero-order chi connectivity index (χ0) is 25.1. The van der Waals surface area contributed by atoms with Crippen molar-refractivity contribution in [1.29, 1.82) is 0 Å². The van der Waals surface area contributed by atoms with Crippen LogP contribution in [0, 0.1) is 17.0 Å². The van der Waals surface area contributed by atoms with Crippen LogP contribution in [-0.2, 0) is 23.9 Å². The van der Waals surface area contributed by atoms with Crippen LogP contribution in [0.5, 0.6) is 11.5 Å². The standard InChI is InChI=1S/C17H13F6NO9/c1-7-3-10(33-17(21,22)23)4-9-5-11(14(16(18,19)20)32-13(7)9)15(26)31-8(2)30-12(25)6-29-24(27)28/h3-5,8,14H,6H2,1-2H3/t8-,14?/m1/s1. The minimum atomic E-state index is -5.14. The first-order valence-electron chi connectivity index (χ1n) is 8.60. The summed E-state index contributed by atoms with van der Waals surface area (Å²) in [5.41, 5.74) is -1.65. The average molecular weight is 489 g/mol. The maximum Gasteiger partial charge on any atom is 0.573 e. The van der Waals surface area contributed by atoms with Crippen molar-refractivity contribution in [3.63, 3.8) is 0 Å². The lowest BCUT2D eigenvalue weighted by molar-refractivity contribution is -0.754. The molecule has 0 N–H and O–H groups in total. The van der Waals surface area contributed by atoms with E-state index in [1.165, 1.54) is 6.92 Å². The lowest BCUT2D eigenvalue weighted by Gasteiger charge is -2.29. The molecular weight excluding hydrogens is 476 g/mol. The normalized spacial score (nSPS) is 16.5. The molecule has 10 nitrogen and oxygen atoms in total. The van der Waals surface area contributed by atoms with Crippen molar-refractivity contribution in [2.45, 2.75) is 38.8 Å². The van der Waals surface area contributed by atoms with E-state index in [4.69, 9.17) is 4.74 Å². The number of carbonyl (C=O) groups excluding carboxylic acids is 2. The Morgan fingerprint density at radius 1 is 1.18 bits per heavy atom. The van der Waals surface area contributed by atoms with Gasteiger partial charge in [-0.15, -0.1) is 23.3 Å². The molecule has 1 aromatic rings. The van der Waals surface area contributed by atoms with Crippen molar-refractivity contribution in [2.75, 3.05) is 6.61 Å². The first-order chi connectivity index (χ1) is 15.1. The maximum atomic E-state index is 13.5. The van der Waals surface area contributed by atoms with E-state index in [0.717, 1.165) is 13.0 Å². The van der Waals surface area contributed by atoms with Gasteiger partial charge < -0.3 is 23.8 Å². The third kappa shape index (κ3) is 7.15. The number of halogens is 6. The van der Waals surface area contributed by atoms with Gasteiger partial charge in [-0.3, -0.25) is 0 Å². The Morgan fingerprint density at radius 3 is 2.36 bits per heavy atom. The number of fused-ring (bicyclic) bond motifs is 1. The zero-order valence-corrected chi connectivity index (χ0v) is 16.5. The number of aryl methyl sites for hydroxylation is 1. The Hall–Kier alpha value is -3.72. The summed E-state index contributed by atoms with van der Waals surface area (Å²) in [6.07, 6.45) is -14.3. The molecule has 0 aliphatic carbocycles. The maximum absolute atomic E-state index is 13.5. The summed E-state index contributed by atoms with van der Waals surface area (Å²) < 4.78 is 95.6. The van der Waals surface area contributed by atoms with Crippen LogP contribution in [0.1, 0.15) is 18.1 Å². The van der Waals surface area contributed by atoms with E-state index in [2.05, 4.69) is 19.0 Å². The Morgan fingerprint density at radius 2 is 1.82 bits per heavy atom. The molecular formula is C17H13F6NO9. The summed E-state index contributed by atoms with van der Waals surface area (Å²) in [4.78, 5) is 37.4. The number of hydrogen-bond acceptors (Lipinski definition) is 9. The largest absolute Gasteiger partial charge is 0.573 e. The SMILES string of the molecule is Cc1cc(OC(F)(F)F)cc2c1OC(C(F)(F)F)C(C(=O)O[C@H](C)OC(=O)CO[N+](=O)[O-])=C2. The summed E-state index contributed by atoms with van der Waals surface area (Å²) in [6, 6.07) is 1.50. The van der Waals surface area contributed by atoms with Gasteiger partial charge in [0.15, 0.2) is 6.61 Å². The second kappa shape index (κ2) is 9.41. The van der Waals surface area contributed by atoms with Crippen LogP contribution < -0.4 is 9.47 Å². The number of ether oxygens (including phenoxy) is 4. The van der Waals surface area contributed by atoms with E-state index >= 15 is 0 Å². The number of rotatable bonds is 7. The van der Waals surface area contributed by atoms with Crippen molar-refractivity contribution in [3.05, 3.63) is 38.9 Å². The number of benzene rings is 1. The van der Waals surface area contributed by atoms with Crippen molar-refractivity contribution in [1.82, 2.24) is 0 Å². The minimum Gasteiger partial charge on any atom is -0.475 e. The highest BCUT2D eigenvalue weighted by atomic mass is 19.4. The molecule has 0 spiro atoms. The minimum absolute atomic E-state index is 0.141. The van der Waals surface area contributed by atoms with Crippen LogP contribution in [-0.4, -0.2) is 48.6 Å². The van der Waals surface area contributed by atoms with Gasteiger partial charge in [-0.25, -0.2) is 9.59 Å². The molecule has 1 heterocycles. The lowest BCUT2D eigenvalue weighted by atomic mass is 9.99. The summed E-state index contributed by atoms with van der Waals surface area (Å²) >= 11 is 0. The second-order valence-electron chi connectivity index (χ2n) is 6.31. The molecule has 1 aliphatic heterocycles. The quantitative estimate of drug-likeness (QED) is 0.187. The molecule has 0 aromatic heterocycles. The Bertz CT molecular complexity index is 973. The molecule has 0 amide bonds. The van der Waals surface area contributed by atoms with Gasteiger partial charge in [0, 0.05) is 12.5 Å². The zero-order valence-electron chi connectivity index (χ0n) is 16.5. The Balaban J connectivity index is 2.30. The lowest BCUT2D eigenvalue weighted by Crippen LogP contribution is -2.41. The van der Waals surface area contributed by atoms with E-state index < -0.39 is 65.6 Å². The summed E-state index contributed by atoms with van der Waals surface area (Å²) in [7, 11) is 0. The van der Waals surface area contributed by atoms with Gasteiger partial charge in [0.05, 0.1) is 5.57 Å². The summed E-state index contributed by atoms with van der Waals surface area (Å²) in [5, 5.41) is 8.71. The third-order valence-electron chi connectivity index (χ3n) is 3.73. The highest BCUT2D eigenvalue weighted by Gasteiger charge is 2.49. The first kappa shape index (κ1) is 25.5. The predicted octanol–water partition coefficient (Wildman–Crippen LogP) is 3.24.